The molecule has 4 heterocycles. The number of likely N-dealkylation sites (tertiary alicyclic amines) is 1. The zero-order valence-corrected chi connectivity index (χ0v) is 38.9. The van der Waals surface area contributed by atoms with Crippen molar-refractivity contribution in [3.8, 4) is 11.3 Å². The van der Waals surface area contributed by atoms with Gasteiger partial charge in [0.05, 0.1) is 22.8 Å². The maximum Gasteiger partial charge on any atom is 0.412 e. The highest BCUT2D eigenvalue weighted by molar-refractivity contribution is 7.99. The van der Waals surface area contributed by atoms with E-state index in [1.54, 1.807) is 12.1 Å². The van der Waals surface area contributed by atoms with E-state index in [0.29, 0.717) is 40.6 Å². The van der Waals surface area contributed by atoms with Gasteiger partial charge in [0.25, 0.3) is 5.91 Å². The standard InChI is InChI=1S/C51H54N10O4S/c1-31(2)39-25-24-38-45(57-39)53-30-54-46(38)58-40-28-34(17-26-43(40)66-37-22-20-36(21-23-37)56-50(64)65-51(3,4)5)48(62)55-35-18-15-32(16-19-35)41-29-52-47(59-41)42-14-11-27-61(42)49(63)44(60(6)7)33-12-9-8-10-13-33/h8-10,12-13,15-26,28-31,42,44H,11,14,27H2,1-7H3,(H,52,59)(H,55,62)(H,56,64)(H,53,54,57,58). The summed E-state index contributed by atoms with van der Waals surface area (Å²) in [5.41, 5.74) is 5.76. The first-order valence-electron chi connectivity index (χ1n) is 22.0. The normalized spacial score (nSPS) is 14.4. The molecule has 1 aliphatic rings. The summed E-state index contributed by atoms with van der Waals surface area (Å²) >= 11 is 1.49. The van der Waals surface area contributed by atoms with Gasteiger partial charge in [-0.3, -0.25) is 19.8 Å². The number of carbonyl (C=O) groups excluding carboxylic acids is 3. The molecule has 7 aromatic rings. The quantitative estimate of drug-likeness (QED) is 0.0868. The predicted octanol–water partition coefficient (Wildman–Crippen LogP) is 11.0. The van der Waals surface area contributed by atoms with Crippen molar-refractivity contribution in [2.75, 3.05) is 36.6 Å². The van der Waals surface area contributed by atoms with Gasteiger partial charge in [-0.1, -0.05) is 68.1 Å². The number of hydrogen-bond donors (Lipinski definition) is 4. The van der Waals surface area contributed by atoms with E-state index >= 15 is 0 Å². The van der Waals surface area contributed by atoms with Crippen LogP contribution in [-0.2, 0) is 9.53 Å². The van der Waals surface area contributed by atoms with Crippen LogP contribution in [0.15, 0.2) is 132 Å². The maximum absolute atomic E-state index is 14.0. The largest absolute Gasteiger partial charge is 0.444 e. The van der Waals surface area contributed by atoms with Crippen LogP contribution in [0.5, 0.6) is 0 Å². The van der Waals surface area contributed by atoms with Crippen LogP contribution in [-0.4, -0.2) is 78.9 Å². The van der Waals surface area contributed by atoms with Gasteiger partial charge < -0.3 is 25.3 Å². The van der Waals surface area contributed by atoms with E-state index in [0.717, 1.165) is 56.4 Å². The molecule has 1 aliphatic heterocycles. The van der Waals surface area contributed by atoms with E-state index < -0.39 is 11.7 Å². The van der Waals surface area contributed by atoms with Crippen LogP contribution in [0, 0.1) is 0 Å². The smallest absolute Gasteiger partial charge is 0.412 e. The fourth-order valence-electron chi connectivity index (χ4n) is 7.87. The number of rotatable bonds is 13. The number of fused-ring (bicyclic) bond motifs is 1. The van der Waals surface area contributed by atoms with E-state index in [1.165, 1.54) is 18.1 Å². The average molecular weight is 903 g/mol. The molecule has 0 bridgehead atoms. The molecule has 1 fully saturated rings. The Morgan fingerprint density at radius 3 is 2.30 bits per heavy atom. The monoisotopic (exact) mass is 902 g/mol. The molecule has 338 valence electrons. The van der Waals surface area contributed by atoms with Gasteiger partial charge in [-0.05, 0) is 126 Å². The summed E-state index contributed by atoms with van der Waals surface area (Å²) < 4.78 is 5.40. The van der Waals surface area contributed by atoms with Gasteiger partial charge in [-0.25, -0.2) is 24.7 Å². The molecule has 3 amide bonds. The number of nitrogens with one attached hydrogen (secondary N) is 4. The van der Waals surface area contributed by atoms with Gasteiger partial charge in [-0.2, -0.15) is 0 Å². The molecule has 4 aromatic carbocycles. The van der Waals surface area contributed by atoms with Crippen LogP contribution in [0.25, 0.3) is 22.3 Å². The van der Waals surface area contributed by atoms with E-state index in [2.05, 4.69) is 44.7 Å². The summed E-state index contributed by atoms with van der Waals surface area (Å²) in [5.74, 6) is 1.30. The number of H-pyrrole nitrogens is 1. The number of anilines is 4. The predicted molar refractivity (Wildman–Crippen MR) is 260 cm³/mol. The van der Waals surface area contributed by atoms with Crippen LogP contribution in [0.4, 0.5) is 27.7 Å². The van der Waals surface area contributed by atoms with Gasteiger partial charge in [-0.15, -0.1) is 0 Å². The van der Waals surface area contributed by atoms with Crippen LogP contribution >= 0.6 is 11.8 Å². The zero-order valence-electron chi connectivity index (χ0n) is 38.1. The molecule has 4 N–H and O–H groups in total. The zero-order chi connectivity index (χ0) is 46.5. The number of aromatic nitrogens is 5. The second kappa shape index (κ2) is 19.6. The Hall–Kier alpha value is -7.10. The molecule has 0 radical (unpaired) electrons. The SMILES string of the molecule is CC(C)c1ccc2c(Nc3cc(C(=O)Nc4ccc(-c5c[nH]c(C6CCCN6C(=O)C(c6ccccc6)N(C)C)n5)cc4)ccc3Sc3ccc(NC(=O)OC(C)(C)C)cc3)ncnc2n1. The molecule has 1 saturated heterocycles. The summed E-state index contributed by atoms with van der Waals surface area (Å²) in [6, 6.07) is 33.7. The third-order valence-corrected chi connectivity index (χ3v) is 12.2. The lowest BCUT2D eigenvalue weighted by atomic mass is 10.0. The molecule has 2 atom stereocenters. The molecule has 15 heteroatoms. The number of ether oxygens (including phenoxy) is 1. The second-order valence-corrected chi connectivity index (χ2v) is 18.9. The van der Waals surface area contributed by atoms with Gasteiger partial charge in [0.15, 0.2) is 5.65 Å². The first-order valence-corrected chi connectivity index (χ1v) is 22.8. The van der Waals surface area contributed by atoms with Crippen molar-refractivity contribution in [1.29, 1.82) is 0 Å². The minimum atomic E-state index is -0.617. The van der Waals surface area contributed by atoms with E-state index in [9.17, 15) is 14.4 Å². The number of nitrogens with zero attached hydrogens (tertiary/aromatic N) is 6. The van der Waals surface area contributed by atoms with Gasteiger partial charge >= 0.3 is 6.09 Å². The molecule has 14 nitrogen and oxygen atoms in total. The lowest BCUT2D eigenvalue weighted by molar-refractivity contribution is -0.137. The lowest BCUT2D eigenvalue weighted by Gasteiger charge is -2.31. The summed E-state index contributed by atoms with van der Waals surface area (Å²) in [4.78, 5) is 68.0. The molecular formula is C51H54N10O4S. The molecular weight excluding hydrogens is 849 g/mol. The highest BCUT2D eigenvalue weighted by Gasteiger charge is 2.37. The topological polar surface area (TPSA) is 170 Å². The highest BCUT2D eigenvalue weighted by Crippen LogP contribution is 2.38. The molecule has 0 spiro atoms. The second-order valence-electron chi connectivity index (χ2n) is 17.7. The van der Waals surface area contributed by atoms with Crippen molar-refractivity contribution in [3.05, 3.63) is 144 Å². The average Bonchev–Trinajstić information content (AvgIpc) is 3.99. The van der Waals surface area contributed by atoms with E-state index in [1.807, 2.05) is 148 Å². The first kappa shape index (κ1) is 45.5. The van der Waals surface area contributed by atoms with Crippen molar-refractivity contribution in [1.82, 2.24) is 34.7 Å². The molecule has 0 aliphatic carbocycles. The Bertz CT molecular complexity index is 2840. The number of imidazole rings is 1. The molecule has 3 aromatic heterocycles. The van der Waals surface area contributed by atoms with Crippen molar-refractivity contribution < 1.29 is 19.1 Å². The molecule has 8 rings (SSSR count). The van der Waals surface area contributed by atoms with Crippen LogP contribution in [0.3, 0.4) is 0 Å². The van der Waals surface area contributed by atoms with Crippen LogP contribution in [0.1, 0.15) is 92.9 Å². The van der Waals surface area contributed by atoms with Crippen LogP contribution in [0.2, 0.25) is 0 Å². The highest BCUT2D eigenvalue weighted by atomic mass is 32.2. The number of hydrogen-bond acceptors (Lipinski definition) is 11. The van der Waals surface area contributed by atoms with E-state index in [-0.39, 0.29) is 29.8 Å². The number of likely N-dealkylation sites (N-methyl/N-ethyl adjacent to an activating group) is 1. The summed E-state index contributed by atoms with van der Waals surface area (Å²) in [7, 11) is 3.87. The summed E-state index contributed by atoms with van der Waals surface area (Å²) in [6.07, 6.45) is 4.54. The number of benzene rings is 4. The minimum Gasteiger partial charge on any atom is -0.444 e. The maximum atomic E-state index is 14.0. The van der Waals surface area contributed by atoms with E-state index in [4.69, 9.17) is 14.7 Å². The fourth-order valence-corrected chi connectivity index (χ4v) is 8.75. The number of amides is 3. The van der Waals surface area contributed by atoms with Crippen molar-refractivity contribution in [2.24, 2.45) is 0 Å². The minimum absolute atomic E-state index is 0.0592. The first-order chi connectivity index (χ1) is 31.7. The molecule has 0 saturated carbocycles. The van der Waals surface area contributed by atoms with Crippen molar-refractivity contribution in [2.45, 2.75) is 80.9 Å². The Kier molecular flexibility index (Phi) is 13.5. The lowest BCUT2D eigenvalue weighted by Crippen LogP contribution is -2.40. The Morgan fingerprint density at radius 1 is 0.864 bits per heavy atom. The third-order valence-electron chi connectivity index (χ3n) is 11.1. The van der Waals surface area contributed by atoms with Gasteiger partial charge in [0, 0.05) is 50.7 Å². The summed E-state index contributed by atoms with van der Waals surface area (Å²) in [6.45, 7) is 10.3. The fraction of sp³-hybridized carbons (Fsp3) is 0.275. The van der Waals surface area contributed by atoms with Gasteiger partial charge in [0.1, 0.15) is 29.6 Å². The van der Waals surface area contributed by atoms with Crippen LogP contribution < -0.4 is 16.0 Å². The van der Waals surface area contributed by atoms with Gasteiger partial charge in [0.2, 0.25) is 5.91 Å². The number of pyridine rings is 1. The Labute approximate surface area is 389 Å². The number of aromatic amines is 1. The summed E-state index contributed by atoms with van der Waals surface area (Å²) in [5, 5.41) is 10.0. The number of carbonyl (C=O) groups is 3. The molecule has 2 unspecified atom stereocenters. The van der Waals surface area contributed by atoms with Crippen molar-refractivity contribution >= 4 is 63.6 Å². The Balaban J connectivity index is 0.992. The Morgan fingerprint density at radius 2 is 1.59 bits per heavy atom. The molecule has 66 heavy (non-hydrogen) atoms. The third kappa shape index (κ3) is 10.7. The van der Waals surface area contributed by atoms with Crippen molar-refractivity contribution in [3.63, 3.8) is 0 Å².